The fourth-order valence-electron chi connectivity index (χ4n) is 1.93. The van der Waals surface area contributed by atoms with E-state index in [-0.39, 0.29) is 24.0 Å². The number of rotatable bonds is 3. The SMILES string of the molecule is CCCCNC(=NC)N1CCC(C)CC1.I. The molecule has 0 aromatic heterocycles. The molecule has 1 rings (SSSR count). The van der Waals surface area contributed by atoms with Crippen molar-refractivity contribution in [3.05, 3.63) is 0 Å². The van der Waals surface area contributed by atoms with Crippen LogP contribution in [0.15, 0.2) is 4.99 Å². The maximum Gasteiger partial charge on any atom is 0.193 e. The van der Waals surface area contributed by atoms with Crippen molar-refractivity contribution in [2.75, 3.05) is 26.7 Å². The van der Waals surface area contributed by atoms with Crippen LogP contribution < -0.4 is 5.32 Å². The van der Waals surface area contributed by atoms with Crippen molar-refractivity contribution in [1.29, 1.82) is 0 Å². The molecule has 1 N–H and O–H groups in total. The van der Waals surface area contributed by atoms with E-state index in [1.165, 1.54) is 25.7 Å². The number of piperidine rings is 1. The molecule has 16 heavy (non-hydrogen) atoms. The predicted molar refractivity (Wildman–Crippen MR) is 81.7 cm³/mol. The monoisotopic (exact) mass is 339 g/mol. The summed E-state index contributed by atoms with van der Waals surface area (Å²) in [5.74, 6) is 1.98. The highest BCUT2D eigenvalue weighted by atomic mass is 127. The van der Waals surface area contributed by atoms with Gasteiger partial charge in [-0.2, -0.15) is 0 Å². The minimum absolute atomic E-state index is 0. The topological polar surface area (TPSA) is 27.6 Å². The standard InChI is InChI=1S/C12H25N3.HI/c1-4-5-8-14-12(13-3)15-9-6-11(2)7-10-15;/h11H,4-10H2,1-3H3,(H,13,14);1H. The Hall–Kier alpha value is 0. The Bertz CT molecular complexity index is 198. The third-order valence-electron chi connectivity index (χ3n) is 3.11. The van der Waals surface area contributed by atoms with Crippen LogP contribution in [0.2, 0.25) is 0 Å². The highest BCUT2D eigenvalue weighted by Crippen LogP contribution is 2.15. The summed E-state index contributed by atoms with van der Waals surface area (Å²) >= 11 is 0. The molecule has 0 unspecified atom stereocenters. The lowest BCUT2D eigenvalue weighted by Gasteiger charge is -2.32. The molecule has 0 aliphatic carbocycles. The summed E-state index contributed by atoms with van der Waals surface area (Å²) in [5, 5.41) is 3.43. The quantitative estimate of drug-likeness (QED) is 0.371. The molecule has 0 bridgehead atoms. The van der Waals surface area contributed by atoms with E-state index in [4.69, 9.17) is 0 Å². The van der Waals surface area contributed by atoms with Crippen molar-refractivity contribution in [1.82, 2.24) is 10.2 Å². The van der Waals surface area contributed by atoms with Crippen molar-refractivity contribution in [3.63, 3.8) is 0 Å². The van der Waals surface area contributed by atoms with Crippen LogP contribution in [0.4, 0.5) is 0 Å². The van der Waals surface area contributed by atoms with Crippen molar-refractivity contribution < 1.29 is 0 Å². The second-order valence-electron chi connectivity index (χ2n) is 4.50. The number of halogens is 1. The van der Waals surface area contributed by atoms with Gasteiger partial charge in [-0.25, -0.2) is 0 Å². The van der Waals surface area contributed by atoms with Gasteiger partial charge in [0.05, 0.1) is 0 Å². The average molecular weight is 339 g/mol. The normalized spacial score (nSPS) is 18.2. The lowest BCUT2D eigenvalue weighted by molar-refractivity contribution is 0.273. The van der Waals surface area contributed by atoms with Crippen LogP contribution in [0.5, 0.6) is 0 Å². The number of hydrogen-bond acceptors (Lipinski definition) is 1. The number of hydrogen-bond donors (Lipinski definition) is 1. The van der Waals surface area contributed by atoms with Crippen molar-refractivity contribution in [3.8, 4) is 0 Å². The summed E-state index contributed by atoms with van der Waals surface area (Å²) in [6, 6.07) is 0. The molecule has 0 saturated carbocycles. The van der Waals surface area contributed by atoms with Crippen molar-refractivity contribution >= 4 is 29.9 Å². The van der Waals surface area contributed by atoms with E-state index in [2.05, 4.69) is 29.1 Å². The van der Waals surface area contributed by atoms with E-state index in [1.54, 1.807) is 0 Å². The number of nitrogens with one attached hydrogen (secondary N) is 1. The first-order valence-corrected chi connectivity index (χ1v) is 6.23. The van der Waals surface area contributed by atoms with Gasteiger partial charge in [-0.3, -0.25) is 4.99 Å². The zero-order chi connectivity index (χ0) is 11.1. The Labute approximate surface area is 117 Å². The number of unbranched alkanes of at least 4 members (excludes halogenated alkanes) is 1. The van der Waals surface area contributed by atoms with E-state index < -0.39 is 0 Å². The Kier molecular flexibility index (Phi) is 9.07. The molecule has 1 aliphatic rings. The van der Waals surface area contributed by atoms with Gasteiger partial charge in [0.25, 0.3) is 0 Å². The number of likely N-dealkylation sites (tertiary alicyclic amines) is 1. The van der Waals surface area contributed by atoms with Crippen LogP contribution >= 0.6 is 24.0 Å². The molecular formula is C12H26IN3. The lowest BCUT2D eigenvalue weighted by atomic mass is 10.00. The molecule has 3 nitrogen and oxygen atoms in total. The summed E-state index contributed by atoms with van der Waals surface area (Å²) in [6.45, 7) is 7.92. The van der Waals surface area contributed by atoms with E-state index in [9.17, 15) is 0 Å². The van der Waals surface area contributed by atoms with Gasteiger partial charge >= 0.3 is 0 Å². The van der Waals surface area contributed by atoms with Gasteiger partial charge < -0.3 is 10.2 Å². The molecular weight excluding hydrogens is 313 g/mol. The molecule has 96 valence electrons. The van der Waals surface area contributed by atoms with Gasteiger partial charge in [0.2, 0.25) is 0 Å². The maximum atomic E-state index is 4.34. The van der Waals surface area contributed by atoms with Gasteiger partial charge in [0, 0.05) is 26.7 Å². The van der Waals surface area contributed by atoms with E-state index in [1.807, 2.05) is 7.05 Å². The summed E-state index contributed by atoms with van der Waals surface area (Å²) in [4.78, 5) is 6.72. The fourth-order valence-corrected chi connectivity index (χ4v) is 1.93. The third kappa shape index (κ3) is 5.37. The third-order valence-corrected chi connectivity index (χ3v) is 3.11. The molecule has 1 saturated heterocycles. The van der Waals surface area contributed by atoms with Crippen molar-refractivity contribution in [2.45, 2.75) is 39.5 Å². The molecule has 0 aromatic carbocycles. The van der Waals surface area contributed by atoms with E-state index >= 15 is 0 Å². The molecule has 0 spiro atoms. The summed E-state index contributed by atoms with van der Waals surface area (Å²) in [6.07, 6.45) is 5.06. The minimum atomic E-state index is 0. The second kappa shape index (κ2) is 9.07. The Morgan fingerprint density at radius 2 is 2.00 bits per heavy atom. The van der Waals surface area contributed by atoms with Gasteiger partial charge in [-0.15, -0.1) is 24.0 Å². The van der Waals surface area contributed by atoms with E-state index in [0.717, 1.165) is 31.5 Å². The highest BCUT2D eigenvalue weighted by Gasteiger charge is 2.17. The number of nitrogens with zero attached hydrogens (tertiary/aromatic N) is 2. The van der Waals surface area contributed by atoms with Gasteiger partial charge in [0.1, 0.15) is 0 Å². The van der Waals surface area contributed by atoms with Gasteiger partial charge in [0.15, 0.2) is 5.96 Å². The Morgan fingerprint density at radius 3 is 2.50 bits per heavy atom. The van der Waals surface area contributed by atoms with Gasteiger partial charge in [-0.1, -0.05) is 20.3 Å². The molecule has 0 radical (unpaired) electrons. The largest absolute Gasteiger partial charge is 0.356 e. The van der Waals surface area contributed by atoms with Crippen LogP contribution in [-0.4, -0.2) is 37.5 Å². The number of aliphatic imine (C=N–C) groups is 1. The van der Waals surface area contributed by atoms with Crippen LogP contribution in [0.25, 0.3) is 0 Å². The minimum Gasteiger partial charge on any atom is -0.356 e. The van der Waals surface area contributed by atoms with E-state index in [0.29, 0.717) is 0 Å². The van der Waals surface area contributed by atoms with Crippen LogP contribution in [0.3, 0.4) is 0 Å². The molecule has 0 aromatic rings. The first-order chi connectivity index (χ1) is 7.27. The molecule has 1 heterocycles. The summed E-state index contributed by atoms with van der Waals surface area (Å²) in [5.41, 5.74) is 0. The second-order valence-corrected chi connectivity index (χ2v) is 4.50. The molecule has 1 aliphatic heterocycles. The zero-order valence-electron chi connectivity index (χ0n) is 10.8. The first-order valence-electron chi connectivity index (χ1n) is 6.23. The number of guanidine groups is 1. The summed E-state index contributed by atoms with van der Waals surface area (Å²) < 4.78 is 0. The predicted octanol–water partition coefficient (Wildman–Crippen LogP) is 2.71. The van der Waals surface area contributed by atoms with Crippen molar-refractivity contribution in [2.24, 2.45) is 10.9 Å². The van der Waals surface area contributed by atoms with Crippen LogP contribution in [0, 0.1) is 5.92 Å². The zero-order valence-corrected chi connectivity index (χ0v) is 13.2. The fraction of sp³-hybridized carbons (Fsp3) is 0.917. The lowest BCUT2D eigenvalue weighted by Crippen LogP contribution is -2.45. The molecule has 4 heteroatoms. The maximum absolute atomic E-state index is 4.34. The van der Waals surface area contributed by atoms with Crippen LogP contribution in [-0.2, 0) is 0 Å². The molecule has 0 atom stereocenters. The smallest absolute Gasteiger partial charge is 0.193 e. The van der Waals surface area contributed by atoms with Gasteiger partial charge in [-0.05, 0) is 25.2 Å². The molecule has 0 amide bonds. The Balaban J connectivity index is 0.00000225. The average Bonchev–Trinajstić information content (AvgIpc) is 2.26. The Morgan fingerprint density at radius 1 is 1.38 bits per heavy atom. The van der Waals surface area contributed by atoms with Crippen LogP contribution in [0.1, 0.15) is 39.5 Å². The molecule has 1 fully saturated rings. The summed E-state index contributed by atoms with van der Waals surface area (Å²) in [7, 11) is 1.88. The first kappa shape index (κ1) is 16.0. The highest BCUT2D eigenvalue weighted by molar-refractivity contribution is 14.0.